The van der Waals surface area contributed by atoms with Gasteiger partial charge in [0, 0.05) is 6.20 Å². The van der Waals surface area contributed by atoms with Gasteiger partial charge in [0.15, 0.2) is 0 Å². The number of rotatable bonds is 4. The second kappa shape index (κ2) is 6.93. The summed E-state index contributed by atoms with van der Waals surface area (Å²) < 4.78 is 1.99. The summed E-state index contributed by atoms with van der Waals surface area (Å²) in [5.74, 6) is 0.583. The number of hydrogen-bond acceptors (Lipinski definition) is 4. The second-order valence-electron chi connectivity index (χ2n) is 4.92. The van der Waals surface area contributed by atoms with Crippen molar-refractivity contribution in [2.75, 3.05) is 0 Å². The number of pyridine rings is 1. The van der Waals surface area contributed by atoms with Crippen molar-refractivity contribution < 1.29 is 0 Å². The summed E-state index contributed by atoms with van der Waals surface area (Å²) in [6.45, 7) is 1.99. The van der Waals surface area contributed by atoms with E-state index < -0.39 is 0 Å². The molecule has 0 bridgehead atoms. The molecular weight excluding hydrogens is 306 g/mol. The summed E-state index contributed by atoms with van der Waals surface area (Å²) in [5.41, 5.74) is 2.84. The quantitative estimate of drug-likeness (QED) is 0.585. The Morgan fingerprint density at radius 2 is 1.96 bits per heavy atom. The number of nitrogens with zero attached hydrogens (tertiary/aromatic N) is 4. The van der Waals surface area contributed by atoms with Gasteiger partial charge in [-0.1, -0.05) is 42.5 Å². The van der Waals surface area contributed by atoms with Gasteiger partial charge in [0.25, 0.3) is 0 Å². The third kappa shape index (κ3) is 3.67. The topological polar surface area (TPSA) is 58.9 Å². The molecule has 3 rings (SSSR count). The molecule has 0 amide bonds. The Kier molecular flexibility index (Phi) is 4.54. The van der Waals surface area contributed by atoms with Gasteiger partial charge >= 0.3 is 0 Å². The normalized spacial score (nSPS) is 12.0. The molecule has 23 heavy (non-hydrogen) atoms. The van der Waals surface area contributed by atoms with Crippen molar-refractivity contribution in [3.63, 3.8) is 0 Å². The third-order valence-electron chi connectivity index (χ3n) is 3.12. The average molecular weight is 321 g/mol. The molecule has 1 aromatic carbocycles. The molecule has 0 aliphatic rings. The van der Waals surface area contributed by atoms with Crippen molar-refractivity contribution in [1.29, 1.82) is 0 Å². The molecule has 0 radical (unpaired) electrons. The molecule has 0 atom stereocenters. The van der Waals surface area contributed by atoms with E-state index >= 15 is 0 Å². The zero-order chi connectivity index (χ0) is 16.1. The summed E-state index contributed by atoms with van der Waals surface area (Å²) in [5, 5.41) is 11.4. The van der Waals surface area contributed by atoms with Gasteiger partial charge in [-0.15, -0.1) is 0 Å². The smallest absolute Gasteiger partial charge is 0.216 e. The Labute approximate surface area is 139 Å². The SMILES string of the molecule is C/C(C=Nn1c(-c2ccccn2)n[nH]c1=S)=C\c1ccccc1. The molecule has 0 aliphatic heterocycles. The maximum Gasteiger partial charge on any atom is 0.216 e. The number of nitrogens with one attached hydrogen (secondary N) is 1. The Morgan fingerprint density at radius 3 is 2.70 bits per heavy atom. The van der Waals surface area contributed by atoms with Gasteiger partial charge < -0.3 is 0 Å². The summed E-state index contributed by atoms with van der Waals surface area (Å²) >= 11 is 5.24. The summed E-state index contributed by atoms with van der Waals surface area (Å²) in [6.07, 6.45) is 5.51. The Balaban J connectivity index is 1.90. The van der Waals surface area contributed by atoms with Crippen LogP contribution in [-0.4, -0.2) is 26.1 Å². The summed E-state index contributed by atoms with van der Waals surface area (Å²) in [4.78, 5) is 4.28. The number of hydrogen-bond donors (Lipinski definition) is 1. The highest BCUT2D eigenvalue weighted by Gasteiger charge is 2.08. The molecule has 0 aliphatic carbocycles. The molecule has 3 aromatic rings. The maximum absolute atomic E-state index is 5.24. The van der Waals surface area contributed by atoms with Gasteiger partial charge in [-0.3, -0.25) is 4.98 Å². The van der Waals surface area contributed by atoms with Crippen LogP contribution in [-0.2, 0) is 0 Å². The van der Waals surface area contributed by atoms with Crippen LogP contribution in [0.3, 0.4) is 0 Å². The molecule has 0 unspecified atom stereocenters. The molecular formula is C17H15N5S. The van der Waals surface area contributed by atoms with Crippen molar-refractivity contribution in [3.05, 3.63) is 70.6 Å². The second-order valence-corrected chi connectivity index (χ2v) is 5.31. The molecule has 0 saturated carbocycles. The average Bonchev–Trinajstić information content (AvgIpc) is 2.95. The fourth-order valence-corrected chi connectivity index (χ4v) is 2.24. The van der Waals surface area contributed by atoms with Gasteiger partial charge in [0.05, 0.1) is 6.21 Å². The van der Waals surface area contributed by atoms with E-state index in [1.165, 1.54) is 0 Å². The molecule has 6 heteroatoms. The number of aromatic nitrogens is 4. The van der Waals surface area contributed by atoms with E-state index in [1.807, 2.05) is 61.5 Å². The highest BCUT2D eigenvalue weighted by molar-refractivity contribution is 7.71. The van der Waals surface area contributed by atoms with E-state index in [9.17, 15) is 0 Å². The van der Waals surface area contributed by atoms with E-state index in [4.69, 9.17) is 12.2 Å². The van der Waals surface area contributed by atoms with E-state index in [-0.39, 0.29) is 0 Å². The van der Waals surface area contributed by atoms with Crippen LogP contribution in [0, 0.1) is 4.77 Å². The molecule has 5 nitrogen and oxygen atoms in total. The highest BCUT2D eigenvalue weighted by Crippen LogP contribution is 2.13. The fraction of sp³-hybridized carbons (Fsp3) is 0.0588. The molecule has 114 valence electrons. The van der Waals surface area contributed by atoms with Crippen LogP contribution in [0.1, 0.15) is 12.5 Å². The third-order valence-corrected chi connectivity index (χ3v) is 3.38. The van der Waals surface area contributed by atoms with Crippen LogP contribution >= 0.6 is 12.2 Å². The van der Waals surface area contributed by atoms with Crippen molar-refractivity contribution >= 4 is 24.5 Å². The van der Waals surface area contributed by atoms with Crippen molar-refractivity contribution in [3.8, 4) is 11.5 Å². The molecule has 0 spiro atoms. The Bertz CT molecular complexity index is 891. The Hall–Kier alpha value is -2.86. The van der Waals surface area contributed by atoms with Crippen LogP contribution in [0.4, 0.5) is 0 Å². The minimum absolute atomic E-state index is 0.425. The monoisotopic (exact) mass is 321 g/mol. The first kappa shape index (κ1) is 15.1. The largest absolute Gasteiger partial charge is 0.253 e. The lowest BCUT2D eigenvalue weighted by Crippen LogP contribution is -1.96. The minimum Gasteiger partial charge on any atom is -0.253 e. The highest BCUT2D eigenvalue weighted by atomic mass is 32.1. The minimum atomic E-state index is 0.425. The number of allylic oxidation sites excluding steroid dienone is 1. The van der Waals surface area contributed by atoms with E-state index in [1.54, 1.807) is 17.1 Å². The van der Waals surface area contributed by atoms with Crippen LogP contribution in [0.5, 0.6) is 0 Å². The summed E-state index contributed by atoms with van der Waals surface area (Å²) in [7, 11) is 0. The number of aromatic amines is 1. The van der Waals surface area contributed by atoms with Crippen molar-refractivity contribution in [2.24, 2.45) is 5.10 Å². The lowest BCUT2D eigenvalue weighted by molar-refractivity contribution is 0.867. The van der Waals surface area contributed by atoms with Gasteiger partial charge in [0.2, 0.25) is 10.6 Å². The number of H-pyrrole nitrogens is 1. The van der Waals surface area contributed by atoms with Crippen LogP contribution < -0.4 is 0 Å². The van der Waals surface area contributed by atoms with Crippen LogP contribution in [0.15, 0.2) is 65.4 Å². The first-order valence-electron chi connectivity index (χ1n) is 7.10. The van der Waals surface area contributed by atoms with E-state index in [2.05, 4.69) is 20.3 Å². The zero-order valence-electron chi connectivity index (χ0n) is 12.5. The lowest BCUT2D eigenvalue weighted by Gasteiger charge is -2.00. The van der Waals surface area contributed by atoms with Gasteiger partial charge in [-0.2, -0.15) is 14.9 Å². The van der Waals surface area contributed by atoms with Gasteiger partial charge in [-0.05, 0) is 42.4 Å². The molecule has 0 saturated heterocycles. The first-order valence-corrected chi connectivity index (χ1v) is 7.51. The predicted molar refractivity (Wildman–Crippen MR) is 94.6 cm³/mol. The first-order chi connectivity index (χ1) is 11.2. The molecule has 1 N–H and O–H groups in total. The van der Waals surface area contributed by atoms with Crippen LogP contribution in [0.25, 0.3) is 17.6 Å². The van der Waals surface area contributed by atoms with E-state index in [0.29, 0.717) is 16.3 Å². The summed E-state index contributed by atoms with van der Waals surface area (Å²) in [6, 6.07) is 15.7. The Morgan fingerprint density at radius 1 is 1.17 bits per heavy atom. The van der Waals surface area contributed by atoms with Crippen molar-refractivity contribution in [2.45, 2.75) is 6.92 Å². The van der Waals surface area contributed by atoms with Gasteiger partial charge in [-0.25, -0.2) is 5.10 Å². The van der Waals surface area contributed by atoms with Gasteiger partial charge in [0.1, 0.15) is 5.69 Å². The zero-order valence-corrected chi connectivity index (χ0v) is 13.4. The predicted octanol–water partition coefficient (Wildman–Crippen LogP) is 3.94. The molecule has 2 aromatic heterocycles. The lowest BCUT2D eigenvalue weighted by atomic mass is 10.1. The standard InChI is InChI=1S/C17H15N5S/c1-13(11-14-7-3-2-4-8-14)12-19-22-16(20-21-17(22)23)15-9-5-6-10-18-15/h2-12H,1H3,(H,21,23)/b13-11+,19-12?. The maximum atomic E-state index is 5.24. The van der Waals surface area contributed by atoms with Crippen LogP contribution in [0.2, 0.25) is 0 Å². The van der Waals surface area contributed by atoms with E-state index in [0.717, 1.165) is 11.1 Å². The van der Waals surface area contributed by atoms with Crippen molar-refractivity contribution in [1.82, 2.24) is 19.9 Å². The molecule has 2 heterocycles. The fourth-order valence-electron chi connectivity index (χ4n) is 2.06. The number of benzene rings is 1. The molecule has 0 fully saturated rings.